The molecule has 0 unspecified atom stereocenters. The Kier molecular flexibility index (Phi) is 6.85. The van der Waals surface area contributed by atoms with Crippen LogP contribution in [0, 0.1) is 0 Å². The molecule has 1 aliphatic rings. The van der Waals surface area contributed by atoms with Gasteiger partial charge in [-0.3, -0.25) is 4.79 Å². The van der Waals surface area contributed by atoms with Gasteiger partial charge in [-0.2, -0.15) is 0 Å². The summed E-state index contributed by atoms with van der Waals surface area (Å²) < 4.78 is 11.5. The predicted octanol–water partition coefficient (Wildman–Crippen LogP) is 2.62. The summed E-state index contributed by atoms with van der Waals surface area (Å²) in [5.41, 5.74) is 7.75. The number of halogens is 1. The fourth-order valence-corrected chi connectivity index (χ4v) is 3.26. The largest absolute Gasteiger partial charge is 0.490 e. The number of benzene rings is 1. The van der Waals surface area contributed by atoms with Crippen LogP contribution in [0.15, 0.2) is 53.1 Å². The van der Waals surface area contributed by atoms with E-state index in [9.17, 15) is 4.79 Å². The summed E-state index contributed by atoms with van der Waals surface area (Å²) in [7, 11) is 0. The lowest BCUT2D eigenvalue weighted by atomic mass is 10.1. The molecule has 3 aromatic rings. The molecule has 1 aliphatic heterocycles. The zero-order chi connectivity index (χ0) is 19.3. The standard InChI is InChI=1S/C21H22N4O3.ClH/c22-9-12-27-18-7-4-10-23-20(18)21(26)25-11-8-17-16(14-25)24-19(28-17)13-15-5-2-1-3-6-15;/h1-7,10H,8-9,11-14,22H2;1H. The molecule has 2 N–H and O–H groups in total. The highest BCUT2D eigenvalue weighted by Crippen LogP contribution is 2.24. The van der Waals surface area contributed by atoms with E-state index in [1.807, 2.05) is 30.3 Å². The quantitative estimate of drug-likeness (QED) is 0.666. The fourth-order valence-electron chi connectivity index (χ4n) is 3.26. The Morgan fingerprint density at radius 3 is 2.83 bits per heavy atom. The Morgan fingerprint density at radius 2 is 2.03 bits per heavy atom. The van der Waals surface area contributed by atoms with E-state index in [2.05, 4.69) is 9.97 Å². The highest BCUT2D eigenvalue weighted by Gasteiger charge is 2.28. The third-order valence-electron chi connectivity index (χ3n) is 4.61. The fraction of sp³-hybridized carbons (Fsp3) is 0.286. The van der Waals surface area contributed by atoms with Gasteiger partial charge in [-0.15, -0.1) is 12.4 Å². The van der Waals surface area contributed by atoms with Crippen molar-refractivity contribution >= 4 is 18.3 Å². The number of rotatable bonds is 6. The Hall–Kier alpha value is -2.90. The van der Waals surface area contributed by atoms with Crippen LogP contribution in [0.2, 0.25) is 0 Å². The number of nitrogens with two attached hydrogens (primary N) is 1. The first-order valence-corrected chi connectivity index (χ1v) is 9.33. The molecule has 0 saturated heterocycles. The number of fused-ring (bicyclic) bond motifs is 1. The highest BCUT2D eigenvalue weighted by molar-refractivity contribution is 5.95. The van der Waals surface area contributed by atoms with Crippen molar-refractivity contribution in [2.75, 3.05) is 19.7 Å². The first-order valence-electron chi connectivity index (χ1n) is 9.33. The Balaban J connectivity index is 0.00000240. The van der Waals surface area contributed by atoms with Crippen LogP contribution in [-0.4, -0.2) is 40.5 Å². The topological polar surface area (TPSA) is 94.5 Å². The Morgan fingerprint density at radius 1 is 1.21 bits per heavy atom. The van der Waals surface area contributed by atoms with Crippen molar-refractivity contribution in [3.8, 4) is 5.75 Å². The summed E-state index contributed by atoms with van der Waals surface area (Å²) in [5, 5.41) is 0. The number of oxazole rings is 1. The molecule has 8 heteroatoms. The van der Waals surface area contributed by atoms with Crippen molar-refractivity contribution in [2.24, 2.45) is 5.73 Å². The van der Waals surface area contributed by atoms with Gasteiger partial charge in [-0.25, -0.2) is 9.97 Å². The molecule has 0 bridgehead atoms. The lowest BCUT2D eigenvalue weighted by molar-refractivity contribution is 0.0717. The summed E-state index contributed by atoms with van der Waals surface area (Å²) >= 11 is 0. The molecule has 3 heterocycles. The van der Waals surface area contributed by atoms with E-state index >= 15 is 0 Å². The number of hydrogen-bond acceptors (Lipinski definition) is 6. The van der Waals surface area contributed by atoms with Gasteiger partial charge in [0.25, 0.3) is 5.91 Å². The summed E-state index contributed by atoms with van der Waals surface area (Å²) in [6.07, 6.45) is 2.86. The maximum Gasteiger partial charge on any atom is 0.276 e. The van der Waals surface area contributed by atoms with Crippen LogP contribution in [0.25, 0.3) is 0 Å². The van der Waals surface area contributed by atoms with Crippen LogP contribution >= 0.6 is 12.4 Å². The van der Waals surface area contributed by atoms with Gasteiger partial charge in [0.2, 0.25) is 0 Å². The molecule has 0 fully saturated rings. The van der Waals surface area contributed by atoms with Crippen molar-refractivity contribution in [1.29, 1.82) is 0 Å². The SMILES string of the molecule is Cl.NCCOc1cccnc1C(=O)N1CCc2oc(Cc3ccccc3)nc2C1. The lowest BCUT2D eigenvalue weighted by Crippen LogP contribution is -2.36. The molecule has 7 nitrogen and oxygen atoms in total. The molecule has 2 aromatic heterocycles. The van der Waals surface area contributed by atoms with Gasteiger partial charge in [0.15, 0.2) is 17.3 Å². The molecule has 0 radical (unpaired) electrons. The third kappa shape index (κ3) is 4.75. The first kappa shape index (κ1) is 20.8. The van der Waals surface area contributed by atoms with E-state index in [0.29, 0.717) is 56.4 Å². The van der Waals surface area contributed by atoms with E-state index in [0.717, 1.165) is 17.0 Å². The molecule has 152 valence electrons. The second-order valence-electron chi connectivity index (χ2n) is 6.60. The van der Waals surface area contributed by atoms with Crippen LogP contribution in [-0.2, 0) is 19.4 Å². The molecule has 29 heavy (non-hydrogen) atoms. The van der Waals surface area contributed by atoms with Crippen molar-refractivity contribution < 1.29 is 13.9 Å². The number of aromatic nitrogens is 2. The minimum atomic E-state index is -0.175. The first-order chi connectivity index (χ1) is 13.7. The molecule has 1 amide bonds. The maximum absolute atomic E-state index is 13.0. The van der Waals surface area contributed by atoms with E-state index in [1.165, 1.54) is 0 Å². The number of carbonyl (C=O) groups excluding carboxylic acids is 1. The molecule has 0 saturated carbocycles. The zero-order valence-electron chi connectivity index (χ0n) is 15.9. The van der Waals surface area contributed by atoms with Crippen molar-refractivity contribution in [2.45, 2.75) is 19.4 Å². The molecular formula is C21H23ClN4O3. The van der Waals surface area contributed by atoms with E-state index in [-0.39, 0.29) is 18.3 Å². The van der Waals surface area contributed by atoms with E-state index in [4.69, 9.17) is 14.9 Å². The van der Waals surface area contributed by atoms with Gasteiger partial charge in [0.1, 0.15) is 18.1 Å². The number of ether oxygens (including phenoxy) is 1. The van der Waals surface area contributed by atoms with Crippen LogP contribution in [0.5, 0.6) is 5.75 Å². The number of nitrogens with zero attached hydrogens (tertiary/aromatic N) is 3. The summed E-state index contributed by atoms with van der Waals surface area (Å²) in [5.74, 6) is 1.81. The maximum atomic E-state index is 13.0. The molecule has 0 spiro atoms. The Labute approximate surface area is 175 Å². The van der Waals surface area contributed by atoms with E-state index in [1.54, 1.807) is 23.2 Å². The van der Waals surface area contributed by atoms with Gasteiger partial charge in [0.05, 0.1) is 6.54 Å². The van der Waals surface area contributed by atoms with Gasteiger partial charge in [0, 0.05) is 32.1 Å². The van der Waals surface area contributed by atoms with Crippen molar-refractivity contribution in [3.05, 3.63) is 77.3 Å². The number of pyridine rings is 1. The monoisotopic (exact) mass is 414 g/mol. The van der Waals surface area contributed by atoms with Gasteiger partial charge < -0.3 is 19.8 Å². The van der Waals surface area contributed by atoms with Crippen molar-refractivity contribution in [1.82, 2.24) is 14.9 Å². The smallest absolute Gasteiger partial charge is 0.276 e. The molecule has 4 rings (SSSR count). The highest BCUT2D eigenvalue weighted by atomic mass is 35.5. The number of hydrogen-bond donors (Lipinski definition) is 1. The summed E-state index contributed by atoms with van der Waals surface area (Å²) in [6.45, 7) is 1.67. The third-order valence-corrected chi connectivity index (χ3v) is 4.61. The Bertz CT molecular complexity index is 962. The van der Waals surface area contributed by atoms with E-state index < -0.39 is 0 Å². The van der Waals surface area contributed by atoms with Gasteiger partial charge >= 0.3 is 0 Å². The molecule has 0 aliphatic carbocycles. The average molecular weight is 415 g/mol. The predicted molar refractivity (Wildman–Crippen MR) is 110 cm³/mol. The van der Waals surface area contributed by atoms with Gasteiger partial charge in [-0.05, 0) is 17.7 Å². The second kappa shape index (κ2) is 9.54. The van der Waals surface area contributed by atoms with Crippen LogP contribution in [0.3, 0.4) is 0 Å². The van der Waals surface area contributed by atoms with Crippen molar-refractivity contribution in [3.63, 3.8) is 0 Å². The van der Waals surface area contributed by atoms with Gasteiger partial charge in [-0.1, -0.05) is 30.3 Å². The van der Waals surface area contributed by atoms with Crippen LogP contribution < -0.4 is 10.5 Å². The number of carbonyl (C=O) groups is 1. The lowest BCUT2D eigenvalue weighted by Gasteiger charge is -2.25. The van der Waals surface area contributed by atoms with Crippen LogP contribution in [0.1, 0.15) is 33.4 Å². The molecular weight excluding hydrogens is 392 g/mol. The minimum Gasteiger partial charge on any atom is -0.490 e. The number of amides is 1. The summed E-state index contributed by atoms with van der Waals surface area (Å²) in [6, 6.07) is 13.5. The normalized spacial score (nSPS) is 12.8. The minimum absolute atomic E-state index is 0. The average Bonchev–Trinajstić information content (AvgIpc) is 3.14. The molecule has 0 atom stereocenters. The summed E-state index contributed by atoms with van der Waals surface area (Å²) in [4.78, 5) is 23.6. The molecule has 1 aromatic carbocycles. The van der Waals surface area contributed by atoms with Crippen LogP contribution in [0.4, 0.5) is 0 Å². The second-order valence-corrected chi connectivity index (χ2v) is 6.60. The zero-order valence-corrected chi connectivity index (χ0v) is 16.7.